The van der Waals surface area contributed by atoms with Crippen LogP contribution in [-0.4, -0.2) is 33.9 Å². The molecule has 1 N–H and O–H groups in total. The Morgan fingerprint density at radius 1 is 1.04 bits per heavy atom. The Bertz CT molecular complexity index is 878. The smallest absolute Gasteiger partial charge is 0.229 e. The largest absolute Gasteiger partial charge is 0.340 e. The second-order valence-electron chi connectivity index (χ2n) is 6.20. The van der Waals surface area contributed by atoms with Crippen LogP contribution in [0.4, 0.5) is 11.6 Å². The molecule has 0 bridgehead atoms. The summed E-state index contributed by atoms with van der Waals surface area (Å²) in [5, 5.41) is 4.04. The zero-order valence-corrected chi connectivity index (χ0v) is 13.8. The number of carbonyl (C=O) groups excluding carboxylic acids is 1. The van der Waals surface area contributed by atoms with E-state index in [4.69, 9.17) is 0 Å². The molecule has 6 heteroatoms. The normalized spacial score (nSPS) is 17.4. The molecule has 126 valence electrons. The molecule has 0 aliphatic carbocycles. The number of rotatable bonds is 3. The second kappa shape index (κ2) is 6.84. The van der Waals surface area contributed by atoms with Gasteiger partial charge in [-0.15, -0.1) is 0 Å². The van der Waals surface area contributed by atoms with Crippen molar-refractivity contribution in [2.45, 2.75) is 12.8 Å². The number of hydrogen-bond donors (Lipinski definition) is 1. The van der Waals surface area contributed by atoms with Crippen molar-refractivity contribution >= 4 is 28.4 Å². The van der Waals surface area contributed by atoms with Crippen LogP contribution in [0, 0.1) is 5.92 Å². The fourth-order valence-corrected chi connectivity index (χ4v) is 3.27. The summed E-state index contributed by atoms with van der Waals surface area (Å²) < 4.78 is 0. The number of piperidine rings is 1. The summed E-state index contributed by atoms with van der Waals surface area (Å²) in [6, 6.07) is 11.4. The third-order valence-electron chi connectivity index (χ3n) is 4.53. The van der Waals surface area contributed by atoms with Crippen LogP contribution in [0.25, 0.3) is 10.9 Å². The number of amides is 1. The summed E-state index contributed by atoms with van der Waals surface area (Å²) in [6.07, 6.45) is 7.04. The number of aromatic nitrogens is 3. The van der Waals surface area contributed by atoms with Gasteiger partial charge in [0.1, 0.15) is 0 Å². The van der Waals surface area contributed by atoms with E-state index in [9.17, 15) is 4.79 Å². The van der Waals surface area contributed by atoms with Gasteiger partial charge in [-0.3, -0.25) is 9.78 Å². The van der Waals surface area contributed by atoms with Gasteiger partial charge in [-0.2, -0.15) is 0 Å². The highest BCUT2D eigenvalue weighted by Crippen LogP contribution is 2.25. The van der Waals surface area contributed by atoms with Gasteiger partial charge >= 0.3 is 0 Å². The summed E-state index contributed by atoms with van der Waals surface area (Å²) in [6.45, 7) is 1.52. The molecule has 0 saturated carbocycles. The first-order chi connectivity index (χ1) is 12.3. The standard InChI is InChI=1S/C19H19N5O/c25-18(23-17-8-1-7-16-15(17)6-2-9-20-16)14-5-3-12-24(13-14)19-21-10-4-11-22-19/h1-2,4,6-11,14H,3,5,12-13H2,(H,23,25)/t14-/m1/s1. The van der Waals surface area contributed by atoms with E-state index in [0.717, 1.165) is 36.0 Å². The number of carbonyl (C=O) groups is 1. The topological polar surface area (TPSA) is 71.0 Å². The van der Waals surface area contributed by atoms with Gasteiger partial charge in [-0.05, 0) is 43.2 Å². The minimum Gasteiger partial charge on any atom is -0.340 e. The molecule has 1 fully saturated rings. The molecule has 0 unspecified atom stereocenters. The minimum atomic E-state index is -0.0792. The lowest BCUT2D eigenvalue weighted by Gasteiger charge is -2.32. The first kappa shape index (κ1) is 15.5. The zero-order valence-electron chi connectivity index (χ0n) is 13.8. The van der Waals surface area contributed by atoms with Crippen LogP contribution in [0.2, 0.25) is 0 Å². The number of fused-ring (bicyclic) bond motifs is 1. The van der Waals surface area contributed by atoms with Crippen LogP contribution in [-0.2, 0) is 4.79 Å². The molecule has 3 heterocycles. The number of hydrogen-bond acceptors (Lipinski definition) is 5. The number of nitrogens with one attached hydrogen (secondary N) is 1. The van der Waals surface area contributed by atoms with Gasteiger partial charge in [-0.1, -0.05) is 6.07 Å². The molecule has 4 rings (SSSR count). The Kier molecular flexibility index (Phi) is 4.24. The van der Waals surface area contributed by atoms with Crippen molar-refractivity contribution in [3.63, 3.8) is 0 Å². The quantitative estimate of drug-likeness (QED) is 0.798. The molecule has 0 spiro atoms. The maximum atomic E-state index is 12.8. The van der Waals surface area contributed by atoms with E-state index in [1.54, 1.807) is 24.7 Å². The van der Waals surface area contributed by atoms with Crippen LogP contribution in [0.5, 0.6) is 0 Å². The molecule has 1 atom stereocenters. The van der Waals surface area contributed by atoms with Gasteiger partial charge in [0.15, 0.2) is 0 Å². The number of benzene rings is 1. The van der Waals surface area contributed by atoms with Crippen molar-refractivity contribution in [1.29, 1.82) is 0 Å². The van der Waals surface area contributed by atoms with E-state index in [-0.39, 0.29) is 11.8 Å². The van der Waals surface area contributed by atoms with Gasteiger partial charge in [0.2, 0.25) is 11.9 Å². The highest BCUT2D eigenvalue weighted by Gasteiger charge is 2.27. The van der Waals surface area contributed by atoms with Crippen molar-refractivity contribution in [2.24, 2.45) is 5.92 Å². The van der Waals surface area contributed by atoms with Crippen LogP contribution in [0.3, 0.4) is 0 Å². The van der Waals surface area contributed by atoms with E-state index in [1.807, 2.05) is 30.3 Å². The predicted molar refractivity (Wildman–Crippen MR) is 97.3 cm³/mol. The maximum absolute atomic E-state index is 12.8. The minimum absolute atomic E-state index is 0.0389. The Morgan fingerprint density at radius 3 is 2.76 bits per heavy atom. The van der Waals surface area contributed by atoms with Crippen LogP contribution in [0.15, 0.2) is 55.0 Å². The Hall–Kier alpha value is -3.02. The molecule has 1 aliphatic rings. The number of anilines is 2. The molecule has 1 saturated heterocycles. The van der Waals surface area contributed by atoms with Gasteiger partial charge in [0.25, 0.3) is 0 Å². The van der Waals surface area contributed by atoms with E-state index in [1.165, 1.54) is 0 Å². The Labute approximate surface area is 145 Å². The summed E-state index contributed by atoms with van der Waals surface area (Å²) >= 11 is 0. The van der Waals surface area contributed by atoms with Crippen molar-refractivity contribution < 1.29 is 4.79 Å². The lowest BCUT2D eigenvalue weighted by atomic mass is 9.97. The van der Waals surface area contributed by atoms with Gasteiger partial charge in [0, 0.05) is 37.1 Å². The molecule has 1 aliphatic heterocycles. The molecule has 2 aromatic heterocycles. The molecular weight excluding hydrogens is 314 g/mol. The molecule has 3 aromatic rings. The average Bonchev–Trinajstić information content (AvgIpc) is 2.69. The molecule has 0 radical (unpaired) electrons. The third kappa shape index (κ3) is 3.28. The predicted octanol–water partition coefficient (Wildman–Crippen LogP) is 2.88. The number of nitrogens with zero attached hydrogens (tertiary/aromatic N) is 4. The maximum Gasteiger partial charge on any atom is 0.229 e. The van der Waals surface area contributed by atoms with Crippen LogP contribution < -0.4 is 10.2 Å². The van der Waals surface area contributed by atoms with Crippen molar-refractivity contribution in [3.8, 4) is 0 Å². The lowest BCUT2D eigenvalue weighted by molar-refractivity contribution is -0.120. The SMILES string of the molecule is O=C(Nc1cccc2ncccc12)[C@@H]1CCCN(c2ncccn2)C1. The number of pyridine rings is 1. The lowest BCUT2D eigenvalue weighted by Crippen LogP contribution is -2.41. The second-order valence-corrected chi connectivity index (χ2v) is 6.20. The molecule has 25 heavy (non-hydrogen) atoms. The van der Waals surface area contributed by atoms with E-state index in [2.05, 4.69) is 25.2 Å². The monoisotopic (exact) mass is 333 g/mol. The fraction of sp³-hybridized carbons (Fsp3) is 0.263. The van der Waals surface area contributed by atoms with Crippen LogP contribution >= 0.6 is 0 Å². The first-order valence-electron chi connectivity index (χ1n) is 8.48. The average molecular weight is 333 g/mol. The summed E-state index contributed by atoms with van der Waals surface area (Å²) in [7, 11) is 0. The molecule has 6 nitrogen and oxygen atoms in total. The highest BCUT2D eigenvalue weighted by molar-refractivity contribution is 6.01. The third-order valence-corrected chi connectivity index (χ3v) is 4.53. The summed E-state index contributed by atoms with van der Waals surface area (Å²) in [4.78, 5) is 27.8. The molecular formula is C19H19N5O. The molecule has 1 amide bonds. The Balaban J connectivity index is 1.51. The zero-order chi connectivity index (χ0) is 17.1. The summed E-state index contributed by atoms with van der Waals surface area (Å²) in [5.41, 5.74) is 1.69. The van der Waals surface area contributed by atoms with Gasteiger partial charge in [0.05, 0.1) is 17.1 Å². The van der Waals surface area contributed by atoms with Gasteiger partial charge in [-0.25, -0.2) is 9.97 Å². The summed E-state index contributed by atoms with van der Waals surface area (Å²) in [5.74, 6) is 0.649. The fourth-order valence-electron chi connectivity index (χ4n) is 3.27. The first-order valence-corrected chi connectivity index (χ1v) is 8.48. The van der Waals surface area contributed by atoms with E-state index >= 15 is 0 Å². The van der Waals surface area contributed by atoms with Crippen LogP contribution in [0.1, 0.15) is 12.8 Å². The van der Waals surface area contributed by atoms with Gasteiger partial charge < -0.3 is 10.2 Å². The van der Waals surface area contributed by atoms with E-state index in [0.29, 0.717) is 12.5 Å². The molecule has 1 aromatic carbocycles. The van der Waals surface area contributed by atoms with E-state index < -0.39 is 0 Å². The Morgan fingerprint density at radius 2 is 1.88 bits per heavy atom. The van der Waals surface area contributed by atoms with Crippen molar-refractivity contribution in [3.05, 3.63) is 55.0 Å². The highest BCUT2D eigenvalue weighted by atomic mass is 16.1. The van der Waals surface area contributed by atoms with Crippen molar-refractivity contribution in [2.75, 3.05) is 23.3 Å². The van der Waals surface area contributed by atoms with Crippen molar-refractivity contribution in [1.82, 2.24) is 15.0 Å².